The fraction of sp³-hybridized carbons (Fsp3) is 0.857. The van der Waals surface area contributed by atoms with Crippen LogP contribution in [0.3, 0.4) is 0 Å². The van der Waals surface area contributed by atoms with Gasteiger partial charge in [-0.1, -0.05) is 6.42 Å². The molecule has 0 aromatic rings. The van der Waals surface area contributed by atoms with Crippen molar-refractivity contribution in [1.29, 1.82) is 0 Å². The van der Waals surface area contributed by atoms with Crippen molar-refractivity contribution in [2.75, 3.05) is 6.61 Å². The van der Waals surface area contributed by atoms with Crippen molar-refractivity contribution in [2.24, 2.45) is 11.8 Å². The Hall–Kier alpha value is -1.10. The number of hydrogen-bond acceptors (Lipinski definition) is 3. The number of aliphatic carboxylic acids is 1. The van der Waals surface area contributed by atoms with Crippen LogP contribution in [0.25, 0.3) is 0 Å². The molecule has 108 valence electrons. The molecule has 0 unspecified atom stereocenters. The van der Waals surface area contributed by atoms with Gasteiger partial charge in [0.25, 0.3) is 0 Å². The van der Waals surface area contributed by atoms with E-state index in [4.69, 9.17) is 9.84 Å². The first-order chi connectivity index (χ1) is 9.08. The van der Waals surface area contributed by atoms with Crippen LogP contribution in [0.15, 0.2) is 0 Å². The summed E-state index contributed by atoms with van der Waals surface area (Å²) in [5, 5.41) is 12.0. The summed E-state index contributed by atoms with van der Waals surface area (Å²) in [4.78, 5) is 23.2. The molecule has 1 aliphatic carbocycles. The van der Waals surface area contributed by atoms with E-state index in [2.05, 4.69) is 5.32 Å². The average molecular weight is 269 g/mol. The van der Waals surface area contributed by atoms with Gasteiger partial charge >= 0.3 is 5.97 Å². The van der Waals surface area contributed by atoms with Crippen molar-refractivity contribution < 1.29 is 19.4 Å². The summed E-state index contributed by atoms with van der Waals surface area (Å²) in [7, 11) is 0. The molecule has 2 N–H and O–H groups in total. The van der Waals surface area contributed by atoms with Crippen LogP contribution in [0.2, 0.25) is 0 Å². The van der Waals surface area contributed by atoms with Gasteiger partial charge in [0.1, 0.15) is 0 Å². The third kappa shape index (κ3) is 3.69. The van der Waals surface area contributed by atoms with Gasteiger partial charge in [0.15, 0.2) is 0 Å². The predicted molar refractivity (Wildman–Crippen MR) is 69.7 cm³/mol. The highest BCUT2D eigenvalue weighted by molar-refractivity contribution is 5.80. The highest BCUT2D eigenvalue weighted by atomic mass is 16.5. The molecule has 0 aromatic carbocycles. The molecule has 0 radical (unpaired) electrons. The molecule has 0 aromatic heterocycles. The number of carboxylic acid groups (broad SMARTS) is 1. The minimum Gasteiger partial charge on any atom is -0.481 e. The Morgan fingerprint density at radius 1 is 1.21 bits per heavy atom. The zero-order valence-corrected chi connectivity index (χ0v) is 11.4. The third-order valence-corrected chi connectivity index (χ3v) is 4.29. The Morgan fingerprint density at radius 3 is 2.58 bits per heavy atom. The quantitative estimate of drug-likeness (QED) is 0.812. The van der Waals surface area contributed by atoms with E-state index < -0.39 is 5.97 Å². The Balaban J connectivity index is 1.83. The lowest BCUT2D eigenvalue weighted by molar-refractivity contribution is -0.144. The molecule has 1 saturated carbocycles. The number of hydrogen-bond donors (Lipinski definition) is 2. The maximum absolute atomic E-state index is 12.2. The van der Waals surface area contributed by atoms with Crippen molar-refractivity contribution in [1.82, 2.24) is 5.32 Å². The lowest BCUT2D eigenvalue weighted by Crippen LogP contribution is -2.44. The highest BCUT2D eigenvalue weighted by Gasteiger charge is 2.32. The first-order valence-corrected chi connectivity index (χ1v) is 7.22. The molecule has 2 aliphatic rings. The molecule has 1 aliphatic heterocycles. The average Bonchev–Trinajstić information content (AvgIpc) is 2.92. The van der Waals surface area contributed by atoms with Crippen LogP contribution < -0.4 is 5.32 Å². The van der Waals surface area contributed by atoms with Gasteiger partial charge in [-0.2, -0.15) is 0 Å². The van der Waals surface area contributed by atoms with Gasteiger partial charge in [0.05, 0.1) is 18.1 Å². The van der Waals surface area contributed by atoms with Gasteiger partial charge in [-0.3, -0.25) is 9.59 Å². The monoisotopic (exact) mass is 269 g/mol. The van der Waals surface area contributed by atoms with Gasteiger partial charge in [-0.05, 0) is 39.0 Å². The van der Waals surface area contributed by atoms with Crippen LogP contribution in [-0.4, -0.2) is 35.7 Å². The second-order valence-corrected chi connectivity index (χ2v) is 5.75. The maximum atomic E-state index is 12.2. The highest BCUT2D eigenvalue weighted by Crippen LogP contribution is 2.29. The largest absolute Gasteiger partial charge is 0.481 e. The van der Waals surface area contributed by atoms with E-state index in [-0.39, 0.29) is 29.9 Å². The van der Waals surface area contributed by atoms with Gasteiger partial charge in [0, 0.05) is 12.5 Å². The maximum Gasteiger partial charge on any atom is 0.306 e. The van der Waals surface area contributed by atoms with Crippen molar-refractivity contribution >= 4 is 11.9 Å². The van der Waals surface area contributed by atoms with E-state index in [0.717, 1.165) is 32.3 Å². The number of amides is 1. The molecule has 5 heteroatoms. The standard InChI is InChI=1S/C14H23NO4/c1-9(12-6-3-7-19-12)15-13(16)10-4-2-5-11(8-10)14(17)18/h9-12H,2-8H2,1H3,(H,15,16)(H,17,18)/t9-,10+,11+,12-/m0/s1. The van der Waals surface area contributed by atoms with E-state index in [1.165, 1.54) is 0 Å². The summed E-state index contributed by atoms with van der Waals surface area (Å²) in [5.41, 5.74) is 0. The van der Waals surface area contributed by atoms with Crippen LogP contribution in [0.5, 0.6) is 0 Å². The zero-order valence-electron chi connectivity index (χ0n) is 11.4. The smallest absolute Gasteiger partial charge is 0.306 e. The molecule has 0 spiro atoms. The Morgan fingerprint density at radius 2 is 1.95 bits per heavy atom. The number of ether oxygens (including phenoxy) is 1. The van der Waals surface area contributed by atoms with Crippen molar-refractivity contribution in [2.45, 2.75) is 57.6 Å². The van der Waals surface area contributed by atoms with Crippen molar-refractivity contribution in [3.8, 4) is 0 Å². The molecule has 19 heavy (non-hydrogen) atoms. The summed E-state index contributed by atoms with van der Waals surface area (Å²) in [6.07, 6.45) is 4.94. The lowest BCUT2D eigenvalue weighted by Gasteiger charge is -2.28. The normalized spacial score (nSPS) is 32.8. The van der Waals surface area contributed by atoms with Crippen LogP contribution in [-0.2, 0) is 14.3 Å². The van der Waals surface area contributed by atoms with Crippen molar-refractivity contribution in [3.63, 3.8) is 0 Å². The number of carbonyl (C=O) groups excluding carboxylic acids is 1. The van der Waals surface area contributed by atoms with Gasteiger partial charge in [-0.25, -0.2) is 0 Å². The van der Waals surface area contributed by atoms with Crippen LogP contribution in [0.4, 0.5) is 0 Å². The van der Waals surface area contributed by atoms with Crippen LogP contribution in [0.1, 0.15) is 45.4 Å². The van der Waals surface area contributed by atoms with Crippen LogP contribution in [0, 0.1) is 11.8 Å². The van der Waals surface area contributed by atoms with E-state index in [9.17, 15) is 9.59 Å². The Kier molecular flexibility index (Phi) is 4.80. The fourth-order valence-corrected chi connectivity index (χ4v) is 3.08. The molecule has 1 saturated heterocycles. The number of nitrogens with one attached hydrogen (secondary N) is 1. The summed E-state index contributed by atoms with van der Waals surface area (Å²) < 4.78 is 5.55. The summed E-state index contributed by atoms with van der Waals surface area (Å²) >= 11 is 0. The van der Waals surface area contributed by atoms with E-state index in [0.29, 0.717) is 12.8 Å². The minimum absolute atomic E-state index is 0.00560. The molecule has 4 atom stereocenters. The summed E-state index contributed by atoms with van der Waals surface area (Å²) in [5.74, 6) is -1.29. The SMILES string of the molecule is C[C@H](NC(=O)[C@@H]1CCC[C@@H](C(=O)O)C1)[C@@H]1CCCO1. The molecular formula is C14H23NO4. The molecule has 2 rings (SSSR count). The van der Waals surface area contributed by atoms with Gasteiger partial charge in [0.2, 0.25) is 5.91 Å². The van der Waals surface area contributed by atoms with E-state index in [1.807, 2.05) is 6.92 Å². The minimum atomic E-state index is -0.773. The number of carboxylic acids is 1. The first-order valence-electron chi connectivity index (χ1n) is 7.22. The summed E-state index contributed by atoms with van der Waals surface area (Å²) in [6, 6.07) is 0.0141. The van der Waals surface area contributed by atoms with Crippen LogP contribution >= 0.6 is 0 Å². The first kappa shape index (κ1) is 14.3. The molecule has 1 heterocycles. The predicted octanol–water partition coefficient (Wildman–Crippen LogP) is 1.56. The second kappa shape index (κ2) is 6.37. The molecule has 1 amide bonds. The number of rotatable bonds is 4. The van der Waals surface area contributed by atoms with Gasteiger partial charge < -0.3 is 15.2 Å². The topological polar surface area (TPSA) is 75.6 Å². The van der Waals surface area contributed by atoms with E-state index >= 15 is 0 Å². The third-order valence-electron chi connectivity index (χ3n) is 4.29. The molecular weight excluding hydrogens is 246 g/mol. The molecule has 5 nitrogen and oxygen atoms in total. The molecule has 0 bridgehead atoms. The lowest BCUT2D eigenvalue weighted by atomic mass is 9.81. The Labute approximate surface area is 113 Å². The second-order valence-electron chi connectivity index (χ2n) is 5.75. The van der Waals surface area contributed by atoms with Crippen molar-refractivity contribution in [3.05, 3.63) is 0 Å². The summed E-state index contributed by atoms with van der Waals surface area (Å²) in [6.45, 7) is 2.74. The number of carbonyl (C=O) groups is 2. The van der Waals surface area contributed by atoms with E-state index in [1.54, 1.807) is 0 Å². The Bertz CT molecular complexity index is 338. The fourth-order valence-electron chi connectivity index (χ4n) is 3.08. The molecule has 2 fully saturated rings. The van der Waals surface area contributed by atoms with Gasteiger partial charge in [-0.15, -0.1) is 0 Å². The zero-order chi connectivity index (χ0) is 13.8.